The zero-order valence-corrected chi connectivity index (χ0v) is 19.9. The molecule has 3 aromatic carbocycles. The van der Waals surface area contributed by atoms with E-state index in [4.69, 9.17) is 23.2 Å². The maximum atomic E-state index is 13.4. The van der Waals surface area contributed by atoms with Crippen molar-refractivity contribution in [3.8, 4) is 0 Å². The molecule has 4 rings (SSSR count). The van der Waals surface area contributed by atoms with Crippen molar-refractivity contribution in [1.82, 2.24) is 4.90 Å². The summed E-state index contributed by atoms with van der Waals surface area (Å²) in [5, 5.41) is 0.488. The summed E-state index contributed by atoms with van der Waals surface area (Å²) < 4.78 is 39.9. The zero-order valence-electron chi connectivity index (χ0n) is 18.4. The third kappa shape index (κ3) is 6.13. The van der Waals surface area contributed by atoms with Gasteiger partial charge >= 0.3 is 6.18 Å². The number of amides is 1. The predicted molar refractivity (Wildman–Crippen MR) is 129 cm³/mol. The normalized spacial score (nSPS) is 14.0. The van der Waals surface area contributed by atoms with E-state index < -0.39 is 17.6 Å². The van der Waals surface area contributed by atoms with Crippen LogP contribution in [0.15, 0.2) is 66.7 Å². The molecule has 2 nitrogen and oxygen atoms in total. The molecule has 1 aliphatic carbocycles. The van der Waals surface area contributed by atoms with Crippen LogP contribution in [0.2, 0.25) is 10.0 Å². The summed E-state index contributed by atoms with van der Waals surface area (Å²) in [6.45, 7) is 0.615. The smallest absolute Gasteiger partial charge is 0.334 e. The lowest BCUT2D eigenvalue weighted by Gasteiger charge is -2.27. The third-order valence-electron chi connectivity index (χ3n) is 6.27. The highest BCUT2D eigenvalue weighted by Crippen LogP contribution is 2.36. The first kappa shape index (κ1) is 24.6. The Morgan fingerprint density at radius 1 is 0.882 bits per heavy atom. The predicted octanol–water partition coefficient (Wildman–Crippen LogP) is 8.16. The zero-order chi connectivity index (χ0) is 24.3. The number of rotatable bonds is 7. The SMILES string of the molecule is O=C(c1cc(Cl)cc(C(F)(F)F)c1)N(CCc1ccc(Cl)cc1)Cc1ccc(C2CCC2)cc1. The first-order chi connectivity index (χ1) is 16.2. The van der Waals surface area contributed by atoms with Gasteiger partial charge in [-0.15, -0.1) is 0 Å². The van der Waals surface area contributed by atoms with E-state index in [1.165, 1.54) is 30.9 Å². The molecule has 0 saturated heterocycles. The van der Waals surface area contributed by atoms with E-state index in [2.05, 4.69) is 12.1 Å². The molecule has 178 valence electrons. The molecule has 0 bridgehead atoms. The summed E-state index contributed by atoms with van der Waals surface area (Å²) in [5.41, 5.74) is 2.17. The topological polar surface area (TPSA) is 20.3 Å². The molecule has 0 spiro atoms. The first-order valence-corrected chi connectivity index (χ1v) is 11.9. The van der Waals surface area contributed by atoms with Crippen molar-refractivity contribution in [1.29, 1.82) is 0 Å². The van der Waals surface area contributed by atoms with E-state index in [0.717, 1.165) is 23.3 Å². The molecule has 0 aliphatic heterocycles. The lowest BCUT2D eigenvalue weighted by atomic mass is 9.80. The molecular formula is C27H24Cl2F3NO. The second-order valence-corrected chi connectivity index (χ2v) is 9.57. The lowest BCUT2D eigenvalue weighted by Crippen LogP contribution is -2.32. The van der Waals surface area contributed by atoms with Crippen LogP contribution in [-0.2, 0) is 19.1 Å². The van der Waals surface area contributed by atoms with E-state index in [-0.39, 0.29) is 17.1 Å². The van der Waals surface area contributed by atoms with Crippen LogP contribution in [0, 0.1) is 0 Å². The van der Waals surface area contributed by atoms with Crippen LogP contribution in [-0.4, -0.2) is 17.4 Å². The Hall–Kier alpha value is -2.50. The third-order valence-corrected chi connectivity index (χ3v) is 6.74. The molecule has 34 heavy (non-hydrogen) atoms. The fraction of sp³-hybridized carbons (Fsp3) is 0.296. The van der Waals surface area contributed by atoms with Gasteiger partial charge in [-0.2, -0.15) is 13.2 Å². The molecule has 0 unspecified atom stereocenters. The van der Waals surface area contributed by atoms with Crippen LogP contribution in [0.1, 0.15) is 57.8 Å². The Morgan fingerprint density at radius 3 is 2.12 bits per heavy atom. The van der Waals surface area contributed by atoms with Gasteiger partial charge in [0, 0.05) is 28.7 Å². The second kappa shape index (κ2) is 10.4. The van der Waals surface area contributed by atoms with Gasteiger partial charge in [-0.3, -0.25) is 4.79 Å². The highest BCUT2D eigenvalue weighted by atomic mass is 35.5. The van der Waals surface area contributed by atoms with Gasteiger partial charge in [0.05, 0.1) is 5.56 Å². The Kier molecular flexibility index (Phi) is 7.54. The minimum atomic E-state index is -4.59. The lowest BCUT2D eigenvalue weighted by molar-refractivity contribution is -0.137. The highest BCUT2D eigenvalue weighted by Gasteiger charge is 2.32. The van der Waals surface area contributed by atoms with Crippen molar-refractivity contribution in [2.24, 2.45) is 0 Å². The summed E-state index contributed by atoms with van der Waals surface area (Å²) in [5.74, 6) is 0.106. The average molecular weight is 506 g/mol. The summed E-state index contributed by atoms with van der Waals surface area (Å²) in [7, 11) is 0. The standard InChI is InChI=1S/C27H24Cl2F3NO/c28-24-10-6-18(7-11-24)12-13-33(17-19-4-8-21(9-5-19)20-2-1-3-20)26(34)22-14-23(27(30,31)32)16-25(29)15-22/h4-11,14-16,20H,1-3,12-13,17H2. The van der Waals surface area contributed by atoms with Crippen LogP contribution in [0.5, 0.6) is 0 Å². The molecule has 0 N–H and O–H groups in total. The number of hydrogen-bond donors (Lipinski definition) is 0. The van der Waals surface area contributed by atoms with E-state index in [1.807, 2.05) is 24.3 Å². The molecule has 7 heteroatoms. The van der Waals surface area contributed by atoms with Gasteiger partial charge in [-0.05, 0) is 72.2 Å². The number of nitrogens with zero attached hydrogens (tertiary/aromatic N) is 1. The monoisotopic (exact) mass is 505 g/mol. The Balaban J connectivity index is 1.57. The van der Waals surface area contributed by atoms with Gasteiger partial charge in [0.15, 0.2) is 0 Å². The van der Waals surface area contributed by atoms with Crippen LogP contribution in [0.3, 0.4) is 0 Å². The Labute approximate surface area is 207 Å². The van der Waals surface area contributed by atoms with Gasteiger partial charge in [0.2, 0.25) is 0 Å². The van der Waals surface area contributed by atoms with Crippen molar-refractivity contribution >= 4 is 29.1 Å². The van der Waals surface area contributed by atoms with Gasteiger partial charge < -0.3 is 4.90 Å². The quantitative estimate of drug-likeness (QED) is 0.317. The van der Waals surface area contributed by atoms with Gasteiger partial charge in [-0.25, -0.2) is 0 Å². The van der Waals surface area contributed by atoms with Crippen molar-refractivity contribution < 1.29 is 18.0 Å². The fourth-order valence-corrected chi connectivity index (χ4v) is 4.45. The van der Waals surface area contributed by atoms with Crippen LogP contribution in [0.25, 0.3) is 0 Å². The molecule has 0 aromatic heterocycles. The Bertz CT molecular complexity index is 1140. The molecule has 1 amide bonds. The molecule has 0 heterocycles. The van der Waals surface area contributed by atoms with E-state index in [9.17, 15) is 18.0 Å². The molecule has 1 fully saturated rings. The second-order valence-electron chi connectivity index (χ2n) is 8.70. The van der Waals surface area contributed by atoms with Gasteiger partial charge in [-0.1, -0.05) is 66.0 Å². The van der Waals surface area contributed by atoms with Crippen molar-refractivity contribution in [3.05, 3.63) is 105 Å². The first-order valence-electron chi connectivity index (χ1n) is 11.2. The molecule has 3 aromatic rings. The largest absolute Gasteiger partial charge is 0.416 e. The minimum Gasteiger partial charge on any atom is -0.334 e. The Morgan fingerprint density at radius 2 is 1.53 bits per heavy atom. The van der Waals surface area contributed by atoms with Crippen molar-refractivity contribution in [2.75, 3.05) is 6.54 Å². The number of halogens is 5. The van der Waals surface area contributed by atoms with Crippen LogP contribution in [0.4, 0.5) is 13.2 Å². The van der Waals surface area contributed by atoms with E-state index in [1.54, 1.807) is 17.0 Å². The maximum absolute atomic E-state index is 13.4. The number of carbonyl (C=O) groups excluding carboxylic acids is 1. The van der Waals surface area contributed by atoms with Gasteiger partial charge in [0.25, 0.3) is 5.91 Å². The summed E-state index contributed by atoms with van der Waals surface area (Å²) in [6.07, 6.45) is -0.414. The minimum absolute atomic E-state index is 0.0815. The molecule has 1 aliphatic rings. The number of hydrogen-bond acceptors (Lipinski definition) is 1. The average Bonchev–Trinajstić information content (AvgIpc) is 2.76. The van der Waals surface area contributed by atoms with Crippen molar-refractivity contribution in [2.45, 2.75) is 44.3 Å². The summed E-state index contributed by atoms with van der Waals surface area (Å²) in [4.78, 5) is 14.9. The molecule has 0 atom stereocenters. The highest BCUT2D eigenvalue weighted by molar-refractivity contribution is 6.31. The van der Waals surface area contributed by atoms with E-state index >= 15 is 0 Å². The van der Waals surface area contributed by atoms with Gasteiger partial charge in [0.1, 0.15) is 0 Å². The summed E-state index contributed by atoms with van der Waals surface area (Å²) >= 11 is 11.9. The molecule has 1 saturated carbocycles. The van der Waals surface area contributed by atoms with Crippen LogP contribution >= 0.6 is 23.2 Å². The molecule has 0 radical (unpaired) electrons. The number of carbonyl (C=O) groups is 1. The fourth-order valence-electron chi connectivity index (χ4n) is 4.08. The van der Waals surface area contributed by atoms with E-state index in [0.29, 0.717) is 23.9 Å². The molecular weight excluding hydrogens is 482 g/mol. The maximum Gasteiger partial charge on any atom is 0.416 e. The van der Waals surface area contributed by atoms with Crippen molar-refractivity contribution in [3.63, 3.8) is 0 Å². The van der Waals surface area contributed by atoms with Crippen LogP contribution < -0.4 is 0 Å². The number of alkyl halides is 3. The summed E-state index contributed by atoms with van der Waals surface area (Å²) in [6, 6.07) is 18.4. The number of benzene rings is 3.